The lowest BCUT2D eigenvalue weighted by Crippen LogP contribution is -2.35. The smallest absolute Gasteiger partial charge is 0.146 e. The standard InChI is InChI=1S/C9H19NO/c1-7(2)6-9(8(3)11)10(4)5/h7,9H,6H2,1-5H3/t9-/m0/s1. The van der Waals surface area contributed by atoms with Gasteiger partial charge in [-0.2, -0.15) is 0 Å². The fourth-order valence-electron chi connectivity index (χ4n) is 1.19. The molecule has 0 saturated carbocycles. The van der Waals surface area contributed by atoms with Crippen LogP contribution in [-0.2, 0) is 4.79 Å². The van der Waals surface area contributed by atoms with Gasteiger partial charge in [0.25, 0.3) is 0 Å². The average Bonchev–Trinajstić information content (AvgIpc) is 1.81. The predicted molar refractivity (Wildman–Crippen MR) is 47.6 cm³/mol. The second-order valence-corrected chi connectivity index (χ2v) is 3.72. The van der Waals surface area contributed by atoms with E-state index in [-0.39, 0.29) is 11.8 Å². The van der Waals surface area contributed by atoms with Crippen LogP contribution in [0.2, 0.25) is 0 Å². The van der Waals surface area contributed by atoms with Crippen molar-refractivity contribution in [1.29, 1.82) is 0 Å². The van der Waals surface area contributed by atoms with Crippen molar-refractivity contribution in [3.05, 3.63) is 0 Å². The monoisotopic (exact) mass is 157 g/mol. The van der Waals surface area contributed by atoms with Gasteiger partial charge in [0.2, 0.25) is 0 Å². The number of nitrogens with zero attached hydrogens (tertiary/aromatic N) is 1. The number of Topliss-reactive ketones (excluding diaryl/α,β-unsaturated/α-hetero) is 1. The lowest BCUT2D eigenvalue weighted by molar-refractivity contribution is -0.121. The molecular formula is C9H19NO. The van der Waals surface area contributed by atoms with Gasteiger partial charge in [-0.1, -0.05) is 13.8 Å². The lowest BCUT2D eigenvalue weighted by Gasteiger charge is -2.22. The highest BCUT2D eigenvalue weighted by molar-refractivity contribution is 5.81. The molecule has 0 heterocycles. The molecule has 11 heavy (non-hydrogen) atoms. The molecule has 1 atom stereocenters. The van der Waals surface area contributed by atoms with Crippen LogP contribution in [0.25, 0.3) is 0 Å². The minimum atomic E-state index is 0.106. The van der Waals surface area contributed by atoms with Crippen LogP contribution in [0.15, 0.2) is 0 Å². The van der Waals surface area contributed by atoms with Crippen LogP contribution in [0.5, 0.6) is 0 Å². The summed E-state index contributed by atoms with van der Waals surface area (Å²) in [5, 5.41) is 0. The van der Waals surface area contributed by atoms with Gasteiger partial charge >= 0.3 is 0 Å². The number of likely N-dealkylation sites (N-methyl/N-ethyl adjacent to an activating group) is 1. The summed E-state index contributed by atoms with van der Waals surface area (Å²) in [6, 6.07) is 0.106. The first-order valence-corrected chi connectivity index (χ1v) is 4.12. The third-order valence-corrected chi connectivity index (χ3v) is 1.79. The van der Waals surface area contributed by atoms with Gasteiger partial charge in [-0.25, -0.2) is 0 Å². The average molecular weight is 157 g/mol. The SMILES string of the molecule is CC(=O)[C@H](CC(C)C)N(C)C. The zero-order valence-corrected chi connectivity index (χ0v) is 8.22. The molecule has 0 aliphatic heterocycles. The fourth-order valence-corrected chi connectivity index (χ4v) is 1.19. The van der Waals surface area contributed by atoms with Crippen molar-refractivity contribution >= 4 is 5.78 Å². The van der Waals surface area contributed by atoms with Gasteiger partial charge in [-0.3, -0.25) is 9.69 Å². The van der Waals surface area contributed by atoms with E-state index in [0.29, 0.717) is 5.92 Å². The first-order valence-electron chi connectivity index (χ1n) is 4.12. The Balaban J connectivity index is 4.01. The van der Waals surface area contributed by atoms with Gasteiger partial charge in [-0.15, -0.1) is 0 Å². The highest BCUT2D eigenvalue weighted by Gasteiger charge is 2.17. The Labute approximate surface area is 69.6 Å². The summed E-state index contributed by atoms with van der Waals surface area (Å²) in [6.45, 7) is 5.94. The van der Waals surface area contributed by atoms with E-state index in [1.54, 1.807) is 6.92 Å². The Morgan fingerprint density at radius 3 is 1.91 bits per heavy atom. The van der Waals surface area contributed by atoms with Crippen molar-refractivity contribution in [2.45, 2.75) is 33.2 Å². The molecule has 2 heteroatoms. The van der Waals surface area contributed by atoms with Crippen molar-refractivity contribution in [2.75, 3.05) is 14.1 Å². The van der Waals surface area contributed by atoms with Crippen LogP contribution < -0.4 is 0 Å². The summed E-state index contributed by atoms with van der Waals surface area (Å²) in [6.07, 6.45) is 0.961. The maximum absolute atomic E-state index is 11.1. The lowest BCUT2D eigenvalue weighted by atomic mass is 10.0. The minimum Gasteiger partial charge on any atom is -0.300 e. The van der Waals surface area contributed by atoms with Crippen LogP contribution in [0.4, 0.5) is 0 Å². The van der Waals surface area contributed by atoms with Gasteiger partial charge in [0.05, 0.1) is 6.04 Å². The fraction of sp³-hybridized carbons (Fsp3) is 0.889. The normalized spacial score (nSPS) is 14.1. The van der Waals surface area contributed by atoms with Gasteiger partial charge in [0.1, 0.15) is 5.78 Å². The van der Waals surface area contributed by atoms with E-state index >= 15 is 0 Å². The van der Waals surface area contributed by atoms with Crippen molar-refractivity contribution in [3.63, 3.8) is 0 Å². The number of ketones is 1. The molecule has 0 rings (SSSR count). The van der Waals surface area contributed by atoms with Crippen molar-refractivity contribution in [2.24, 2.45) is 5.92 Å². The second kappa shape index (κ2) is 4.50. The molecule has 0 saturated heterocycles. The Bertz CT molecular complexity index is 130. The van der Waals surface area contributed by atoms with E-state index in [2.05, 4.69) is 13.8 Å². The van der Waals surface area contributed by atoms with E-state index in [9.17, 15) is 4.79 Å². The Hall–Kier alpha value is -0.370. The second-order valence-electron chi connectivity index (χ2n) is 3.72. The maximum Gasteiger partial charge on any atom is 0.146 e. The van der Waals surface area contributed by atoms with Crippen LogP contribution in [-0.4, -0.2) is 30.8 Å². The van der Waals surface area contributed by atoms with E-state index in [1.807, 2.05) is 19.0 Å². The summed E-state index contributed by atoms with van der Waals surface area (Å²) >= 11 is 0. The van der Waals surface area contributed by atoms with E-state index in [1.165, 1.54) is 0 Å². The quantitative estimate of drug-likeness (QED) is 0.617. The molecule has 2 nitrogen and oxygen atoms in total. The number of hydrogen-bond donors (Lipinski definition) is 0. The predicted octanol–water partition coefficient (Wildman–Crippen LogP) is 1.55. The third-order valence-electron chi connectivity index (χ3n) is 1.79. The topological polar surface area (TPSA) is 20.3 Å². The number of carbonyl (C=O) groups is 1. The molecule has 0 spiro atoms. The summed E-state index contributed by atoms with van der Waals surface area (Å²) < 4.78 is 0. The Kier molecular flexibility index (Phi) is 4.34. The molecule has 0 aromatic carbocycles. The third kappa shape index (κ3) is 4.14. The number of hydrogen-bond acceptors (Lipinski definition) is 2. The van der Waals surface area contributed by atoms with E-state index in [4.69, 9.17) is 0 Å². The van der Waals surface area contributed by atoms with E-state index < -0.39 is 0 Å². The molecule has 0 aliphatic carbocycles. The van der Waals surface area contributed by atoms with Crippen LogP contribution in [0, 0.1) is 5.92 Å². The van der Waals surface area contributed by atoms with Gasteiger partial charge < -0.3 is 0 Å². The van der Waals surface area contributed by atoms with Crippen LogP contribution >= 0.6 is 0 Å². The zero-order valence-electron chi connectivity index (χ0n) is 8.22. The van der Waals surface area contributed by atoms with Crippen LogP contribution in [0.3, 0.4) is 0 Å². The van der Waals surface area contributed by atoms with E-state index in [0.717, 1.165) is 6.42 Å². The first-order chi connectivity index (χ1) is 4.95. The van der Waals surface area contributed by atoms with Crippen molar-refractivity contribution < 1.29 is 4.79 Å². The summed E-state index contributed by atoms with van der Waals surface area (Å²) in [7, 11) is 3.91. The molecule has 0 bridgehead atoms. The van der Waals surface area contributed by atoms with Crippen molar-refractivity contribution in [1.82, 2.24) is 4.90 Å². The maximum atomic E-state index is 11.1. The summed E-state index contributed by atoms with van der Waals surface area (Å²) in [5.74, 6) is 0.856. The number of rotatable bonds is 4. The molecule has 0 fully saturated rings. The highest BCUT2D eigenvalue weighted by atomic mass is 16.1. The molecule has 0 aliphatic rings. The zero-order chi connectivity index (χ0) is 9.02. The highest BCUT2D eigenvalue weighted by Crippen LogP contribution is 2.09. The molecule has 0 aromatic rings. The van der Waals surface area contributed by atoms with Gasteiger partial charge in [-0.05, 0) is 33.4 Å². The molecule has 0 radical (unpaired) electrons. The van der Waals surface area contributed by atoms with Gasteiger partial charge in [0, 0.05) is 0 Å². The molecule has 66 valence electrons. The van der Waals surface area contributed by atoms with Crippen molar-refractivity contribution in [3.8, 4) is 0 Å². The van der Waals surface area contributed by atoms with Crippen LogP contribution in [0.1, 0.15) is 27.2 Å². The largest absolute Gasteiger partial charge is 0.300 e. The summed E-state index contributed by atoms with van der Waals surface area (Å²) in [4.78, 5) is 13.1. The van der Waals surface area contributed by atoms with Gasteiger partial charge in [0.15, 0.2) is 0 Å². The minimum absolute atomic E-state index is 0.106. The summed E-state index contributed by atoms with van der Waals surface area (Å²) in [5.41, 5.74) is 0. The molecule has 0 amide bonds. The Morgan fingerprint density at radius 2 is 1.82 bits per heavy atom. The molecule has 0 N–H and O–H groups in total. The molecule has 0 aromatic heterocycles. The molecular weight excluding hydrogens is 138 g/mol. The Morgan fingerprint density at radius 1 is 1.36 bits per heavy atom. The molecule has 0 unspecified atom stereocenters. The number of carbonyl (C=O) groups excluding carboxylic acids is 1. The first kappa shape index (κ1) is 10.6.